The predicted molar refractivity (Wildman–Crippen MR) is 122 cm³/mol. The topological polar surface area (TPSA) is 108 Å². The van der Waals surface area contributed by atoms with E-state index in [2.05, 4.69) is 20.1 Å². The summed E-state index contributed by atoms with van der Waals surface area (Å²) in [5.41, 5.74) is 2.25. The van der Waals surface area contributed by atoms with Crippen LogP contribution in [0.4, 0.5) is 0 Å². The van der Waals surface area contributed by atoms with Gasteiger partial charge in [0.1, 0.15) is 17.3 Å². The summed E-state index contributed by atoms with van der Waals surface area (Å²) < 4.78 is 35.3. The maximum absolute atomic E-state index is 12.5. The number of aromatic nitrogens is 6. The lowest BCUT2D eigenvalue weighted by atomic mass is 10.3. The van der Waals surface area contributed by atoms with Crippen molar-refractivity contribution in [1.29, 1.82) is 0 Å². The largest absolute Gasteiger partial charge is 0.494 e. The summed E-state index contributed by atoms with van der Waals surface area (Å²) >= 11 is 1.44. The number of hydrogen-bond acceptors (Lipinski definition) is 8. The number of sulfonamides is 1. The van der Waals surface area contributed by atoms with Gasteiger partial charge >= 0.3 is 0 Å². The smallest absolute Gasteiger partial charge is 0.242 e. The van der Waals surface area contributed by atoms with Crippen molar-refractivity contribution in [3.05, 3.63) is 48.3 Å². The second-order valence-corrected chi connectivity index (χ2v) is 10.1. The Kier molecular flexibility index (Phi) is 6.17. The van der Waals surface area contributed by atoms with Crippen LogP contribution in [0.2, 0.25) is 0 Å². The van der Waals surface area contributed by atoms with Crippen LogP contribution in [0.15, 0.2) is 52.5 Å². The van der Waals surface area contributed by atoms with Crippen LogP contribution >= 0.6 is 11.8 Å². The molecule has 32 heavy (non-hydrogen) atoms. The van der Waals surface area contributed by atoms with E-state index in [9.17, 15) is 8.42 Å². The van der Waals surface area contributed by atoms with Crippen LogP contribution in [0.5, 0.6) is 5.75 Å². The van der Waals surface area contributed by atoms with Crippen molar-refractivity contribution in [2.45, 2.75) is 29.3 Å². The van der Waals surface area contributed by atoms with Crippen LogP contribution < -0.4 is 4.74 Å². The first-order chi connectivity index (χ1) is 15.4. The zero-order chi connectivity index (χ0) is 22.9. The zero-order valence-corrected chi connectivity index (χ0v) is 19.8. The quantitative estimate of drug-likeness (QED) is 0.359. The number of benzene rings is 2. The highest BCUT2D eigenvalue weighted by Gasteiger charge is 2.20. The van der Waals surface area contributed by atoms with Gasteiger partial charge < -0.3 is 9.30 Å². The number of hydrogen-bond donors (Lipinski definition) is 0. The van der Waals surface area contributed by atoms with Crippen molar-refractivity contribution in [3.8, 4) is 11.4 Å². The fourth-order valence-corrected chi connectivity index (χ4v) is 5.10. The van der Waals surface area contributed by atoms with Crippen molar-refractivity contribution >= 4 is 32.8 Å². The molecule has 10 nitrogen and oxygen atoms in total. The van der Waals surface area contributed by atoms with E-state index in [1.165, 1.54) is 30.2 Å². The van der Waals surface area contributed by atoms with E-state index in [0.717, 1.165) is 17.0 Å². The SMILES string of the molecule is CCn1c(CSc2nnnn2-c2ccccc2OC)nc2cc(S(=O)(=O)N(C)C)ccc21. The molecule has 0 aliphatic carbocycles. The maximum atomic E-state index is 12.5. The molecule has 0 saturated heterocycles. The van der Waals surface area contributed by atoms with Gasteiger partial charge in [0.15, 0.2) is 0 Å². The number of imidazole rings is 1. The predicted octanol–water partition coefficient (Wildman–Crippen LogP) is 2.58. The van der Waals surface area contributed by atoms with Crippen LogP contribution in [-0.2, 0) is 22.3 Å². The number of aryl methyl sites for hydroxylation is 1. The molecule has 0 spiro atoms. The Hall–Kier alpha value is -2.96. The number of tetrazole rings is 1. The summed E-state index contributed by atoms with van der Waals surface area (Å²) in [5, 5.41) is 12.7. The van der Waals surface area contributed by atoms with E-state index in [1.54, 1.807) is 30.0 Å². The lowest BCUT2D eigenvalue weighted by Gasteiger charge is -2.11. The van der Waals surface area contributed by atoms with Gasteiger partial charge in [-0.3, -0.25) is 0 Å². The van der Waals surface area contributed by atoms with Crippen LogP contribution in [0.1, 0.15) is 12.7 Å². The molecule has 0 aliphatic heterocycles. The van der Waals surface area contributed by atoms with Gasteiger partial charge in [-0.15, -0.1) is 5.10 Å². The van der Waals surface area contributed by atoms with E-state index in [0.29, 0.717) is 28.7 Å². The molecule has 168 valence electrons. The van der Waals surface area contributed by atoms with Gasteiger partial charge in [0, 0.05) is 20.6 Å². The van der Waals surface area contributed by atoms with Gasteiger partial charge in [0.2, 0.25) is 15.2 Å². The van der Waals surface area contributed by atoms with E-state index in [-0.39, 0.29) is 4.90 Å². The minimum atomic E-state index is -3.53. The number of nitrogens with zero attached hydrogens (tertiary/aromatic N) is 7. The van der Waals surface area contributed by atoms with Crippen molar-refractivity contribution in [2.24, 2.45) is 0 Å². The second kappa shape index (κ2) is 8.88. The third-order valence-corrected chi connectivity index (χ3v) is 7.70. The summed E-state index contributed by atoms with van der Waals surface area (Å²) in [6.07, 6.45) is 0. The van der Waals surface area contributed by atoms with Gasteiger partial charge in [-0.25, -0.2) is 17.7 Å². The first-order valence-electron chi connectivity index (χ1n) is 9.83. The minimum Gasteiger partial charge on any atom is -0.494 e. The van der Waals surface area contributed by atoms with E-state index in [1.807, 2.05) is 31.2 Å². The number of rotatable bonds is 8. The van der Waals surface area contributed by atoms with Crippen LogP contribution in [0.3, 0.4) is 0 Å². The molecule has 0 fully saturated rings. The molecule has 2 aromatic carbocycles. The van der Waals surface area contributed by atoms with Gasteiger partial charge in [-0.1, -0.05) is 23.9 Å². The number of methoxy groups -OCH3 is 1. The fourth-order valence-electron chi connectivity index (χ4n) is 3.35. The summed E-state index contributed by atoms with van der Waals surface area (Å²) in [5.74, 6) is 1.98. The standard InChI is InChI=1S/C20H23N7O3S2/c1-5-26-16-11-10-14(32(28,29)25(2)3)12-15(16)21-19(26)13-31-20-22-23-24-27(20)17-8-6-7-9-18(17)30-4/h6-12H,5,13H2,1-4H3. The van der Waals surface area contributed by atoms with Gasteiger partial charge in [-0.05, 0) is 47.7 Å². The molecule has 12 heteroatoms. The van der Waals surface area contributed by atoms with Crippen LogP contribution in [0.25, 0.3) is 16.7 Å². The third-order valence-electron chi connectivity index (χ3n) is 4.98. The van der Waals surface area contributed by atoms with E-state index < -0.39 is 10.0 Å². The van der Waals surface area contributed by atoms with Crippen LogP contribution in [-0.4, -0.2) is 63.7 Å². The molecule has 2 aromatic heterocycles. The van der Waals surface area contributed by atoms with E-state index in [4.69, 9.17) is 9.72 Å². The van der Waals surface area contributed by atoms with Crippen molar-refractivity contribution < 1.29 is 13.2 Å². The third kappa shape index (κ3) is 3.96. The average molecular weight is 474 g/mol. The van der Waals surface area contributed by atoms with E-state index >= 15 is 0 Å². The first-order valence-corrected chi connectivity index (χ1v) is 12.3. The monoisotopic (exact) mass is 473 g/mol. The summed E-state index contributed by atoms with van der Waals surface area (Å²) in [6, 6.07) is 12.5. The summed E-state index contributed by atoms with van der Waals surface area (Å²) in [4.78, 5) is 4.93. The molecule has 4 aromatic rings. The highest BCUT2D eigenvalue weighted by atomic mass is 32.2. The summed E-state index contributed by atoms with van der Waals surface area (Å²) in [7, 11) is 1.09. The zero-order valence-electron chi connectivity index (χ0n) is 18.1. The minimum absolute atomic E-state index is 0.218. The van der Waals surface area contributed by atoms with Gasteiger partial charge in [0.25, 0.3) is 0 Å². The Morgan fingerprint density at radius 3 is 2.66 bits per heavy atom. The average Bonchev–Trinajstić information content (AvgIpc) is 3.40. The van der Waals surface area contributed by atoms with Crippen molar-refractivity contribution in [3.63, 3.8) is 0 Å². The Bertz CT molecular complexity index is 1360. The number of para-hydroxylation sites is 2. The molecule has 0 radical (unpaired) electrons. The first kappa shape index (κ1) is 22.2. The lowest BCUT2D eigenvalue weighted by molar-refractivity contribution is 0.410. The number of thioether (sulfide) groups is 1. The molecular weight excluding hydrogens is 450 g/mol. The molecule has 4 rings (SSSR count). The Balaban J connectivity index is 1.66. The highest BCUT2D eigenvalue weighted by molar-refractivity contribution is 7.98. The van der Waals surface area contributed by atoms with Gasteiger partial charge in [-0.2, -0.15) is 4.68 Å². The second-order valence-electron chi connectivity index (χ2n) is 7.04. The fraction of sp³-hybridized carbons (Fsp3) is 0.300. The molecule has 0 amide bonds. The highest BCUT2D eigenvalue weighted by Crippen LogP contribution is 2.29. The number of fused-ring (bicyclic) bond motifs is 1. The Labute approximate surface area is 190 Å². The normalized spacial score (nSPS) is 12.0. The molecule has 2 heterocycles. The molecule has 0 aliphatic rings. The lowest BCUT2D eigenvalue weighted by Crippen LogP contribution is -2.22. The maximum Gasteiger partial charge on any atom is 0.242 e. The molecule has 0 saturated carbocycles. The van der Waals surface area contributed by atoms with Crippen LogP contribution in [0, 0.1) is 0 Å². The molecular formula is C20H23N7O3S2. The molecule has 0 unspecified atom stereocenters. The van der Waals surface area contributed by atoms with Crippen molar-refractivity contribution in [1.82, 2.24) is 34.1 Å². The molecule has 0 N–H and O–H groups in total. The Morgan fingerprint density at radius 2 is 1.94 bits per heavy atom. The number of ether oxygens (including phenoxy) is 1. The Morgan fingerprint density at radius 1 is 1.16 bits per heavy atom. The van der Waals surface area contributed by atoms with Crippen molar-refractivity contribution in [2.75, 3.05) is 21.2 Å². The molecule has 0 bridgehead atoms. The molecule has 0 atom stereocenters. The van der Waals surface area contributed by atoms with Gasteiger partial charge in [0.05, 0.1) is 28.8 Å². The summed E-state index contributed by atoms with van der Waals surface area (Å²) in [6.45, 7) is 2.72.